The zero-order chi connectivity index (χ0) is 52.6. The number of carboxylic acids is 2. The summed E-state index contributed by atoms with van der Waals surface area (Å²) in [5.74, 6) is -5.56. The van der Waals surface area contributed by atoms with E-state index in [9.17, 15) is 54.6 Å². The monoisotopic (exact) mass is 1130 g/mol. The molecule has 3 amide bonds. The molecule has 74 heavy (non-hydrogen) atoms. The van der Waals surface area contributed by atoms with Gasteiger partial charge in [0, 0.05) is 25.5 Å². The molecule has 4 aliphatic rings. The van der Waals surface area contributed by atoms with Crippen molar-refractivity contribution >= 4 is 50.7 Å². The Morgan fingerprint density at radius 2 is 1.42 bits per heavy atom. The number of likely N-dealkylation sites (tertiary alicyclic amines) is 1. The fourth-order valence-electron chi connectivity index (χ4n) is 7.57. The standard InChI is InChI=1S/C38H54N6O17.4Na.H2O4S.O3S/c1-4-21-25-26(22(5-2)59-21)35(53)44(34(25)52)12-8-6-7-11-42(23(45)9-10-24(46)47)17-20-18-43(41-40-20)13-14-56-15-16-57-38-31(51)30(50)32(33(61-38)36(54)55)60-37-27(39)29(49)28(48)19(3)58-37;;;;;1-5(2,3)4;1-4(2)3/h4-5,18-19,21-22,25-33,37-39,48-51H,1-3,6-17H2,(H,46,47)(H,54,55);;;;;(H2,1,2,3,4);/q-2;4*+1;;/p-3/t19?,21-,22+,25+,26-,27?,28-,29-,30-,31?,32+,33?,37-,38-;;;;;;/m1....../s1. The molecule has 4 fully saturated rings. The summed E-state index contributed by atoms with van der Waals surface area (Å²) in [6.07, 6.45) is -11.1. The number of hydrogen-bond acceptors (Lipinski definition) is 25. The molecule has 0 aromatic carbocycles. The minimum atomic E-state index is -4.92. The quantitative estimate of drug-likeness (QED) is 0.0129. The second-order valence-electron chi connectivity index (χ2n) is 15.6. The summed E-state index contributed by atoms with van der Waals surface area (Å²) < 4.78 is 92.3. The molecular formula is C38H53N6Na4O24S2-. The average Bonchev–Trinajstić information content (AvgIpc) is 3.96. The SMILES string of the molecule is C=C[C@@H]1O[C@H](C=C)[C@@H]2C(=O)N(CCCCCN(Cc3cn(CCOCCO[C@@H]4OC(C(=O)[O-])[C@@H](O[C@H]5OC([CH2-])[C@@H](O)[C@H](O)C5[NH-])[C@H](O)C4O)nn3)C(=O)CCC(=O)[O-])C(=O)[C@@H]21.O=S(=O)([O-])O.O=S(=O)=O.[Na+].[Na+].[Na+].[Na+]. The first-order valence-electron chi connectivity index (χ1n) is 21.0. The zero-order valence-corrected chi connectivity index (χ0v) is 50.6. The van der Waals surface area contributed by atoms with Crippen molar-refractivity contribution in [2.45, 2.75) is 119 Å². The molecule has 0 saturated carbocycles. The summed E-state index contributed by atoms with van der Waals surface area (Å²) in [7, 11) is -8.03. The number of amides is 3. The normalized spacial score (nSPS) is 28.9. The van der Waals surface area contributed by atoms with Crippen molar-refractivity contribution in [1.82, 2.24) is 24.8 Å². The number of rotatable bonds is 23. The Hall–Kier alpha value is -0.780. The molecule has 1 aromatic rings. The van der Waals surface area contributed by atoms with Crippen LogP contribution < -0.4 is 128 Å². The second-order valence-corrected chi connectivity index (χ2v) is 16.9. The molecule has 0 aliphatic carbocycles. The molecule has 30 nitrogen and oxygen atoms in total. The van der Waals surface area contributed by atoms with Gasteiger partial charge in [-0.1, -0.05) is 23.4 Å². The number of aliphatic hydroxyl groups is 4. The van der Waals surface area contributed by atoms with Gasteiger partial charge >= 0.3 is 129 Å². The number of nitrogens with zero attached hydrogens (tertiary/aromatic N) is 5. The number of carboxylic acid groups (broad SMARTS) is 2. The Kier molecular flexibility index (Phi) is 37.1. The van der Waals surface area contributed by atoms with Crippen LogP contribution in [0.3, 0.4) is 0 Å². The van der Waals surface area contributed by atoms with E-state index in [1.807, 2.05) is 0 Å². The summed E-state index contributed by atoms with van der Waals surface area (Å²) in [6, 6.07) is -1.62. The Bertz CT molecular complexity index is 2160. The van der Waals surface area contributed by atoms with Crippen LogP contribution in [0.2, 0.25) is 0 Å². The van der Waals surface area contributed by atoms with E-state index in [4.69, 9.17) is 64.3 Å². The predicted octanol–water partition coefficient (Wildman–Crippen LogP) is -18.6. The van der Waals surface area contributed by atoms with Crippen molar-refractivity contribution in [2.24, 2.45) is 11.8 Å². The number of fused-ring (bicyclic) bond motifs is 1. The molecule has 5 rings (SSSR count). The minimum Gasteiger partial charge on any atom is -0.726 e. The van der Waals surface area contributed by atoms with Crippen molar-refractivity contribution in [3.8, 4) is 0 Å². The smallest absolute Gasteiger partial charge is 0.726 e. The van der Waals surface area contributed by atoms with Crippen LogP contribution in [0.4, 0.5) is 0 Å². The van der Waals surface area contributed by atoms with Crippen LogP contribution in [0.5, 0.6) is 0 Å². The van der Waals surface area contributed by atoms with Gasteiger partial charge in [0.15, 0.2) is 6.29 Å². The van der Waals surface area contributed by atoms with E-state index in [1.54, 1.807) is 6.20 Å². The van der Waals surface area contributed by atoms with Crippen LogP contribution in [-0.2, 0) is 86.5 Å². The first kappa shape index (κ1) is 75.3. The fourth-order valence-corrected chi connectivity index (χ4v) is 7.57. The number of carbonyl (C=O) groups is 5. The van der Waals surface area contributed by atoms with Crippen LogP contribution in [0, 0.1) is 18.8 Å². The zero-order valence-electron chi connectivity index (χ0n) is 41.0. The first-order valence-corrected chi connectivity index (χ1v) is 23.4. The number of carbonyl (C=O) groups excluding carboxylic acids is 5. The Labute approximate surface area is 514 Å². The van der Waals surface area contributed by atoms with E-state index in [2.05, 4.69) is 30.4 Å². The summed E-state index contributed by atoms with van der Waals surface area (Å²) in [6.45, 7) is 11.3. The summed E-state index contributed by atoms with van der Waals surface area (Å²) in [5.41, 5.74) is 8.43. The maximum atomic E-state index is 13.1. The average molecular weight is 1130 g/mol. The molecule has 0 bridgehead atoms. The molecule has 4 aliphatic heterocycles. The molecule has 0 spiro atoms. The van der Waals surface area contributed by atoms with E-state index in [1.165, 1.54) is 26.6 Å². The van der Waals surface area contributed by atoms with Gasteiger partial charge < -0.3 is 90.8 Å². The topological polar surface area (TPSA) is 457 Å². The maximum absolute atomic E-state index is 13.1. The molecule has 4 saturated heterocycles. The number of nitrogens with one attached hydrogen (secondary N) is 1. The van der Waals surface area contributed by atoms with E-state index in [-0.39, 0.29) is 182 Å². The van der Waals surface area contributed by atoms with Gasteiger partial charge in [-0.05, 0) is 31.8 Å². The van der Waals surface area contributed by atoms with Gasteiger partial charge in [-0.15, -0.1) is 30.9 Å². The number of unbranched alkanes of at least 4 members (excludes halogenated alkanes) is 2. The van der Waals surface area contributed by atoms with Crippen LogP contribution in [0.25, 0.3) is 5.73 Å². The molecule has 14 atom stereocenters. The third-order valence-corrected chi connectivity index (χ3v) is 10.9. The molecular weight excluding hydrogens is 1080 g/mol. The van der Waals surface area contributed by atoms with Gasteiger partial charge in [0.2, 0.25) is 28.1 Å². The Balaban J connectivity index is 0. The van der Waals surface area contributed by atoms with Crippen LogP contribution in [-0.4, -0.2) is 211 Å². The minimum absolute atomic E-state index is 0. The summed E-state index contributed by atoms with van der Waals surface area (Å²) in [5, 5.41) is 72.3. The van der Waals surface area contributed by atoms with Crippen LogP contribution >= 0.6 is 0 Å². The number of aromatic nitrogens is 3. The fraction of sp³-hybridized carbons (Fsp3) is 0.684. The summed E-state index contributed by atoms with van der Waals surface area (Å²) in [4.78, 5) is 64.8. The molecule has 36 heteroatoms. The third kappa shape index (κ3) is 23.5. The largest absolute Gasteiger partial charge is 1.00 e. The molecule has 0 radical (unpaired) electrons. The van der Waals surface area contributed by atoms with Crippen molar-refractivity contribution in [3.63, 3.8) is 0 Å². The summed E-state index contributed by atoms with van der Waals surface area (Å²) >= 11 is 0. The molecule has 1 aromatic heterocycles. The van der Waals surface area contributed by atoms with Gasteiger partial charge in [-0.3, -0.25) is 23.8 Å². The van der Waals surface area contributed by atoms with Crippen LogP contribution in [0.1, 0.15) is 37.8 Å². The number of imide groups is 1. The van der Waals surface area contributed by atoms with Crippen molar-refractivity contribution < 1.29 is 231 Å². The Morgan fingerprint density at radius 1 is 0.851 bits per heavy atom. The predicted molar refractivity (Wildman–Crippen MR) is 220 cm³/mol. The maximum Gasteiger partial charge on any atom is 1.00 e. The van der Waals surface area contributed by atoms with Gasteiger partial charge in [0.25, 0.3) is 0 Å². The van der Waals surface area contributed by atoms with Crippen molar-refractivity contribution in [2.75, 3.05) is 32.9 Å². The van der Waals surface area contributed by atoms with E-state index in [0.29, 0.717) is 25.0 Å². The van der Waals surface area contributed by atoms with E-state index < -0.39 is 131 Å². The van der Waals surface area contributed by atoms with Crippen LogP contribution in [0.15, 0.2) is 31.5 Å². The molecule has 6 N–H and O–H groups in total. The first-order chi connectivity index (χ1) is 32.8. The van der Waals surface area contributed by atoms with Gasteiger partial charge in [0.05, 0.1) is 81.3 Å². The molecule has 396 valence electrons. The van der Waals surface area contributed by atoms with Gasteiger partial charge in [-0.25, -0.2) is 13.1 Å². The second kappa shape index (κ2) is 36.5. The number of aliphatic hydroxyl groups excluding tert-OH is 4. The van der Waals surface area contributed by atoms with Crippen molar-refractivity contribution in [1.29, 1.82) is 0 Å². The molecule has 5 heterocycles. The number of hydrogen-bond donors (Lipinski definition) is 5. The Morgan fingerprint density at radius 3 is 1.95 bits per heavy atom. The number of aliphatic carboxylic acids is 2. The van der Waals surface area contributed by atoms with E-state index in [0.717, 1.165) is 0 Å². The molecule has 4 unspecified atom stereocenters. The number of ether oxygens (including phenoxy) is 6. The van der Waals surface area contributed by atoms with Gasteiger partial charge in [-0.2, -0.15) is 0 Å². The third-order valence-electron chi connectivity index (χ3n) is 10.9. The van der Waals surface area contributed by atoms with E-state index >= 15 is 0 Å². The van der Waals surface area contributed by atoms with Gasteiger partial charge in [0.1, 0.15) is 36.4 Å². The van der Waals surface area contributed by atoms with Crippen molar-refractivity contribution in [3.05, 3.63) is 49.9 Å².